The topological polar surface area (TPSA) is 73.0 Å². The summed E-state index contributed by atoms with van der Waals surface area (Å²) in [5.41, 5.74) is 3.84. The quantitative estimate of drug-likeness (QED) is 0.349. The number of rotatable bonds is 6. The molecule has 0 saturated heterocycles. The van der Waals surface area contributed by atoms with E-state index in [0.29, 0.717) is 23.3 Å². The molecule has 6 nitrogen and oxygen atoms in total. The molecule has 8 heteroatoms. The summed E-state index contributed by atoms with van der Waals surface area (Å²) >= 11 is 4.84. The zero-order valence-corrected chi connectivity index (χ0v) is 19.3. The van der Waals surface area contributed by atoms with E-state index in [0.717, 1.165) is 26.7 Å². The van der Waals surface area contributed by atoms with E-state index in [-0.39, 0.29) is 11.7 Å². The first-order valence-electron chi connectivity index (χ1n) is 9.57. The summed E-state index contributed by atoms with van der Waals surface area (Å²) in [6.45, 7) is 6.71. The number of fused-ring (bicyclic) bond motifs is 1. The van der Waals surface area contributed by atoms with E-state index in [1.54, 1.807) is 0 Å². The van der Waals surface area contributed by atoms with Crippen LogP contribution < -0.4 is 5.32 Å². The summed E-state index contributed by atoms with van der Waals surface area (Å²) < 4.78 is 8.91. The van der Waals surface area contributed by atoms with Gasteiger partial charge in [-0.1, -0.05) is 45.4 Å². The van der Waals surface area contributed by atoms with Gasteiger partial charge >= 0.3 is 0 Å². The molecular weight excluding hydrogens is 464 g/mol. The average molecular weight is 485 g/mol. The number of furan rings is 1. The highest BCUT2D eigenvalue weighted by atomic mass is 79.9. The first kappa shape index (κ1) is 20.7. The molecule has 2 aromatic heterocycles. The highest BCUT2D eigenvalue weighted by Crippen LogP contribution is 2.30. The maximum Gasteiger partial charge on any atom is 0.234 e. The molecule has 0 fully saturated rings. The van der Waals surface area contributed by atoms with E-state index in [9.17, 15) is 4.79 Å². The number of carbonyl (C=O) groups excluding carboxylic acids is 1. The second kappa shape index (κ2) is 8.65. The van der Waals surface area contributed by atoms with Gasteiger partial charge in [-0.3, -0.25) is 9.36 Å². The van der Waals surface area contributed by atoms with E-state index in [1.807, 2.05) is 61.7 Å². The van der Waals surface area contributed by atoms with Crippen LogP contribution in [0.15, 0.2) is 56.5 Å². The third-order valence-electron chi connectivity index (χ3n) is 4.72. The zero-order chi connectivity index (χ0) is 21.3. The fraction of sp³-hybridized carbons (Fsp3) is 0.227. The van der Waals surface area contributed by atoms with Crippen molar-refractivity contribution < 1.29 is 9.21 Å². The van der Waals surface area contributed by atoms with Gasteiger partial charge in [-0.15, -0.1) is 10.2 Å². The normalized spacial score (nSPS) is 11.2. The van der Waals surface area contributed by atoms with Crippen molar-refractivity contribution in [3.8, 4) is 11.6 Å². The monoisotopic (exact) mass is 484 g/mol. The Morgan fingerprint density at radius 3 is 2.77 bits per heavy atom. The van der Waals surface area contributed by atoms with Gasteiger partial charge in [0, 0.05) is 22.1 Å². The Bertz CT molecular complexity index is 1230. The summed E-state index contributed by atoms with van der Waals surface area (Å²) in [5, 5.41) is 13.2. The molecule has 4 rings (SSSR count). The number of nitrogens with zero attached hydrogens (tertiary/aromatic N) is 3. The fourth-order valence-corrected chi connectivity index (χ4v) is 4.44. The van der Waals surface area contributed by atoms with Crippen molar-refractivity contribution >= 4 is 50.3 Å². The highest BCUT2D eigenvalue weighted by Gasteiger charge is 2.18. The third kappa shape index (κ3) is 4.29. The zero-order valence-electron chi connectivity index (χ0n) is 16.9. The number of hydrogen-bond donors (Lipinski definition) is 1. The van der Waals surface area contributed by atoms with Crippen molar-refractivity contribution in [1.29, 1.82) is 0 Å². The number of carbonyl (C=O) groups is 1. The van der Waals surface area contributed by atoms with Gasteiger partial charge in [0.05, 0.1) is 5.75 Å². The lowest BCUT2D eigenvalue weighted by Gasteiger charge is -2.09. The summed E-state index contributed by atoms with van der Waals surface area (Å²) in [7, 11) is 0. The van der Waals surface area contributed by atoms with Gasteiger partial charge in [-0.2, -0.15) is 0 Å². The van der Waals surface area contributed by atoms with Crippen LogP contribution in [0.3, 0.4) is 0 Å². The van der Waals surface area contributed by atoms with E-state index in [4.69, 9.17) is 4.42 Å². The van der Waals surface area contributed by atoms with Gasteiger partial charge in [0.1, 0.15) is 5.58 Å². The Hall–Kier alpha value is -2.58. The minimum Gasteiger partial charge on any atom is -0.453 e. The molecule has 0 atom stereocenters. The lowest BCUT2D eigenvalue weighted by molar-refractivity contribution is -0.113. The first-order chi connectivity index (χ1) is 14.4. The van der Waals surface area contributed by atoms with E-state index >= 15 is 0 Å². The van der Waals surface area contributed by atoms with Gasteiger partial charge in [0.25, 0.3) is 0 Å². The summed E-state index contributed by atoms with van der Waals surface area (Å²) in [6, 6.07) is 13.8. The van der Waals surface area contributed by atoms with Gasteiger partial charge in [0.2, 0.25) is 11.7 Å². The lowest BCUT2D eigenvalue weighted by atomic mass is 10.1. The Balaban J connectivity index is 1.49. The second-order valence-corrected chi connectivity index (χ2v) is 8.86. The molecule has 0 aliphatic rings. The van der Waals surface area contributed by atoms with Crippen LogP contribution in [-0.4, -0.2) is 26.4 Å². The molecule has 0 aliphatic heterocycles. The van der Waals surface area contributed by atoms with Crippen molar-refractivity contribution in [1.82, 2.24) is 14.8 Å². The molecule has 154 valence electrons. The Labute approximate surface area is 187 Å². The Morgan fingerprint density at radius 1 is 1.17 bits per heavy atom. The fourth-order valence-electron chi connectivity index (χ4n) is 3.26. The molecule has 0 spiro atoms. The number of amides is 1. The minimum absolute atomic E-state index is 0.0762. The van der Waals surface area contributed by atoms with Gasteiger partial charge < -0.3 is 9.73 Å². The molecule has 2 heterocycles. The van der Waals surface area contributed by atoms with E-state index in [1.165, 1.54) is 17.3 Å². The predicted molar refractivity (Wildman–Crippen MR) is 124 cm³/mol. The van der Waals surface area contributed by atoms with Crippen LogP contribution in [0.2, 0.25) is 0 Å². The van der Waals surface area contributed by atoms with Crippen molar-refractivity contribution in [3.63, 3.8) is 0 Å². The summed E-state index contributed by atoms with van der Waals surface area (Å²) in [5.74, 6) is 1.48. The third-order valence-corrected chi connectivity index (χ3v) is 6.18. The summed E-state index contributed by atoms with van der Waals surface area (Å²) in [6.07, 6.45) is 0. The number of anilines is 1. The molecule has 0 bridgehead atoms. The van der Waals surface area contributed by atoms with Crippen LogP contribution in [0.5, 0.6) is 0 Å². The number of thioether (sulfide) groups is 1. The Kier molecular flexibility index (Phi) is 5.97. The first-order valence-corrected chi connectivity index (χ1v) is 11.3. The average Bonchev–Trinajstić information content (AvgIpc) is 3.31. The Morgan fingerprint density at radius 2 is 2.00 bits per heavy atom. The van der Waals surface area contributed by atoms with Crippen molar-refractivity contribution in [2.75, 3.05) is 11.1 Å². The molecule has 0 unspecified atom stereocenters. The minimum atomic E-state index is -0.0762. The largest absolute Gasteiger partial charge is 0.453 e. The van der Waals surface area contributed by atoms with Crippen molar-refractivity contribution in [2.24, 2.45) is 0 Å². The van der Waals surface area contributed by atoms with Crippen LogP contribution in [0, 0.1) is 13.8 Å². The molecule has 2 aromatic carbocycles. The van der Waals surface area contributed by atoms with Gasteiger partial charge in [-0.25, -0.2) is 0 Å². The number of aryl methyl sites for hydroxylation is 2. The van der Waals surface area contributed by atoms with E-state index < -0.39 is 0 Å². The lowest BCUT2D eigenvalue weighted by Crippen LogP contribution is -2.15. The number of halogens is 1. The van der Waals surface area contributed by atoms with Crippen LogP contribution in [0.4, 0.5) is 5.69 Å². The molecule has 4 aromatic rings. The maximum absolute atomic E-state index is 12.4. The molecule has 1 amide bonds. The van der Waals surface area contributed by atoms with Crippen LogP contribution >= 0.6 is 27.7 Å². The highest BCUT2D eigenvalue weighted by molar-refractivity contribution is 9.10. The smallest absolute Gasteiger partial charge is 0.234 e. The number of benzene rings is 2. The molecule has 0 aliphatic carbocycles. The molecule has 0 radical (unpaired) electrons. The van der Waals surface area contributed by atoms with Crippen LogP contribution in [0.1, 0.15) is 18.1 Å². The number of aromatic nitrogens is 3. The SMILES string of the molecule is CCn1c(SCC(=O)Nc2ccc(C)cc2C)nnc1-c1cc2cc(Br)ccc2o1. The van der Waals surface area contributed by atoms with Gasteiger partial charge in [-0.05, 0) is 56.7 Å². The molecule has 1 N–H and O–H groups in total. The predicted octanol–water partition coefficient (Wildman–Crippen LogP) is 5.82. The molecule has 0 saturated carbocycles. The van der Waals surface area contributed by atoms with E-state index in [2.05, 4.69) is 37.5 Å². The molecule has 30 heavy (non-hydrogen) atoms. The van der Waals surface area contributed by atoms with Crippen molar-refractivity contribution in [3.05, 3.63) is 58.1 Å². The van der Waals surface area contributed by atoms with Crippen molar-refractivity contribution in [2.45, 2.75) is 32.5 Å². The number of nitrogens with one attached hydrogen (secondary N) is 1. The van der Waals surface area contributed by atoms with Crippen LogP contribution in [0.25, 0.3) is 22.6 Å². The molecular formula is C22H21BrN4O2S. The maximum atomic E-state index is 12.4. The number of hydrogen-bond acceptors (Lipinski definition) is 5. The van der Waals surface area contributed by atoms with Gasteiger partial charge in [0.15, 0.2) is 10.9 Å². The summed E-state index contributed by atoms with van der Waals surface area (Å²) in [4.78, 5) is 12.4. The standard InChI is InChI=1S/C22H21BrN4O2S/c1-4-27-21(19-11-15-10-16(23)6-8-18(15)29-19)25-26-22(27)30-12-20(28)24-17-7-5-13(2)9-14(17)3/h5-11H,4,12H2,1-3H3,(H,24,28). The van der Waals surface area contributed by atoms with Crippen LogP contribution in [-0.2, 0) is 11.3 Å². The second-order valence-electron chi connectivity index (χ2n) is 7.00.